The van der Waals surface area contributed by atoms with Gasteiger partial charge in [0.15, 0.2) is 0 Å². The Hall–Kier alpha value is -4.76. The van der Waals surface area contributed by atoms with E-state index in [1.54, 1.807) is 12.3 Å². The number of hydrogen-bond acceptors (Lipinski definition) is 6. The number of nitrogens with zero attached hydrogens (tertiary/aromatic N) is 5. The number of pyridine rings is 2. The van der Waals surface area contributed by atoms with Crippen LogP contribution in [0.25, 0.3) is 55.6 Å². The van der Waals surface area contributed by atoms with E-state index in [2.05, 4.69) is 48.2 Å². The molecule has 0 amide bonds. The van der Waals surface area contributed by atoms with Crippen molar-refractivity contribution in [1.82, 2.24) is 30.0 Å². The first kappa shape index (κ1) is 26.2. The zero-order chi connectivity index (χ0) is 28.6. The molecule has 0 aliphatic carbocycles. The minimum Gasteiger partial charge on any atom is -0.492 e. The number of nitrogens with one attached hydrogen (secondary N) is 2. The molecule has 8 nitrogen and oxygen atoms in total. The molecule has 1 fully saturated rings. The van der Waals surface area contributed by atoms with Crippen molar-refractivity contribution in [2.75, 3.05) is 45.2 Å². The third-order valence-electron chi connectivity index (χ3n) is 7.98. The van der Waals surface area contributed by atoms with Gasteiger partial charge in [0.05, 0.1) is 23.1 Å². The Labute approximate surface area is 243 Å². The second-order valence-electron chi connectivity index (χ2n) is 11.0. The normalized spacial score (nSPS) is 13.8. The highest BCUT2D eigenvalue weighted by Gasteiger charge is 2.17. The predicted molar refractivity (Wildman–Crippen MR) is 165 cm³/mol. The van der Waals surface area contributed by atoms with Crippen molar-refractivity contribution in [3.05, 3.63) is 79.0 Å². The summed E-state index contributed by atoms with van der Waals surface area (Å²) < 4.78 is 20.7. The second kappa shape index (κ2) is 10.9. The van der Waals surface area contributed by atoms with Crippen molar-refractivity contribution < 1.29 is 9.13 Å². The second-order valence-corrected chi connectivity index (χ2v) is 11.0. The first-order chi connectivity index (χ1) is 20.5. The number of aromatic amines is 2. The summed E-state index contributed by atoms with van der Waals surface area (Å²) in [6, 6.07) is 17.2. The molecule has 0 spiro atoms. The zero-order valence-electron chi connectivity index (χ0n) is 23.7. The molecule has 1 saturated heterocycles. The van der Waals surface area contributed by atoms with Crippen molar-refractivity contribution in [2.24, 2.45) is 0 Å². The number of H-pyrrole nitrogens is 2. The van der Waals surface area contributed by atoms with Crippen molar-refractivity contribution in [3.63, 3.8) is 0 Å². The molecule has 1 aliphatic rings. The molecule has 0 radical (unpaired) electrons. The van der Waals surface area contributed by atoms with Crippen LogP contribution < -0.4 is 9.64 Å². The number of anilines is 1. The molecule has 2 N–H and O–H groups in total. The molecule has 0 saturated carbocycles. The molecule has 1 aliphatic heterocycles. The number of benzene rings is 2. The number of fused-ring (bicyclic) bond motifs is 2. The van der Waals surface area contributed by atoms with E-state index in [9.17, 15) is 4.39 Å². The van der Waals surface area contributed by atoms with E-state index in [4.69, 9.17) is 4.74 Å². The van der Waals surface area contributed by atoms with E-state index in [0.29, 0.717) is 18.0 Å². The number of halogens is 1. The van der Waals surface area contributed by atoms with Gasteiger partial charge in [0.1, 0.15) is 29.5 Å². The Bertz CT molecular complexity index is 1890. The smallest absolute Gasteiger partial charge is 0.138 e. The maximum absolute atomic E-state index is 14.8. The highest BCUT2D eigenvalue weighted by atomic mass is 19.1. The lowest BCUT2D eigenvalue weighted by molar-refractivity contribution is 0.237. The average molecular weight is 562 g/mol. The van der Waals surface area contributed by atoms with Crippen LogP contribution in [0.3, 0.4) is 0 Å². The molecular formula is C33H32FN7O. The van der Waals surface area contributed by atoms with Crippen LogP contribution in [-0.2, 0) is 0 Å². The maximum Gasteiger partial charge on any atom is 0.138 e. The predicted octanol–water partition coefficient (Wildman–Crippen LogP) is 6.51. The van der Waals surface area contributed by atoms with E-state index in [-0.39, 0.29) is 5.82 Å². The topological polar surface area (TPSA) is 86.0 Å². The van der Waals surface area contributed by atoms with Gasteiger partial charge in [-0.05, 0) is 85.1 Å². The molecule has 0 bridgehead atoms. The molecular weight excluding hydrogens is 529 g/mol. The van der Waals surface area contributed by atoms with Crippen LogP contribution in [0.2, 0.25) is 0 Å². The molecule has 212 valence electrons. The van der Waals surface area contributed by atoms with Crippen LogP contribution >= 0.6 is 0 Å². The van der Waals surface area contributed by atoms with Crippen molar-refractivity contribution in [1.29, 1.82) is 0 Å². The Morgan fingerprint density at radius 1 is 0.929 bits per heavy atom. The van der Waals surface area contributed by atoms with Gasteiger partial charge >= 0.3 is 0 Å². The lowest BCUT2D eigenvalue weighted by Crippen LogP contribution is -2.25. The van der Waals surface area contributed by atoms with Gasteiger partial charge in [-0.25, -0.2) is 9.37 Å². The van der Waals surface area contributed by atoms with E-state index in [0.717, 1.165) is 75.3 Å². The lowest BCUT2D eigenvalue weighted by Gasteiger charge is -2.15. The number of likely N-dealkylation sites (tertiary alicyclic amines) is 1. The standard InChI is InChI=1S/C33H32FN7O/c1-40(2)25-14-23(19-35-20-25)21-5-6-30-29(16-21)32(39-38-30)31-18-28-27(7-8-36-33(28)37-31)22-13-24(34)17-26(15-22)42-12-11-41-9-3-4-10-41/h5-8,13-20H,3-4,9-12H2,1-2H3,(H,36,37)(H,38,39). The van der Waals surface area contributed by atoms with Crippen LogP contribution in [-0.4, -0.2) is 70.4 Å². The van der Waals surface area contributed by atoms with E-state index in [1.807, 2.05) is 55.7 Å². The van der Waals surface area contributed by atoms with Gasteiger partial charge in [0, 0.05) is 55.4 Å². The molecule has 2 aromatic carbocycles. The largest absolute Gasteiger partial charge is 0.492 e. The summed E-state index contributed by atoms with van der Waals surface area (Å²) in [6.07, 6.45) is 7.93. The zero-order valence-corrected chi connectivity index (χ0v) is 23.7. The Kier molecular flexibility index (Phi) is 6.79. The van der Waals surface area contributed by atoms with Gasteiger partial charge < -0.3 is 14.6 Å². The van der Waals surface area contributed by atoms with Crippen LogP contribution in [0.4, 0.5) is 10.1 Å². The summed E-state index contributed by atoms with van der Waals surface area (Å²) in [5.74, 6) is 0.201. The minimum absolute atomic E-state index is 0.331. The lowest BCUT2D eigenvalue weighted by atomic mass is 10.0. The minimum atomic E-state index is -0.331. The molecule has 0 unspecified atom stereocenters. The monoisotopic (exact) mass is 561 g/mol. The first-order valence-corrected chi connectivity index (χ1v) is 14.3. The fourth-order valence-corrected chi connectivity index (χ4v) is 5.74. The SMILES string of the molecule is CN(C)c1cncc(-c2ccc3[nH]nc(-c4cc5c(-c6cc(F)cc(OCCN7CCCC7)c6)ccnc5[nH]4)c3c2)c1. The molecule has 6 aromatic rings. The van der Waals surface area contributed by atoms with Crippen LogP contribution in [0, 0.1) is 5.82 Å². The summed E-state index contributed by atoms with van der Waals surface area (Å²) in [6.45, 7) is 3.60. The fraction of sp³-hybridized carbons (Fsp3) is 0.242. The number of rotatable bonds is 8. The quantitative estimate of drug-likeness (QED) is 0.220. The van der Waals surface area contributed by atoms with Gasteiger partial charge in [-0.15, -0.1) is 0 Å². The van der Waals surface area contributed by atoms with Crippen LogP contribution in [0.5, 0.6) is 5.75 Å². The molecule has 7 rings (SSSR count). The summed E-state index contributed by atoms with van der Waals surface area (Å²) in [5.41, 5.74) is 7.98. The first-order valence-electron chi connectivity index (χ1n) is 14.3. The van der Waals surface area contributed by atoms with Crippen LogP contribution in [0.1, 0.15) is 12.8 Å². The van der Waals surface area contributed by atoms with Gasteiger partial charge in [-0.1, -0.05) is 6.07 Å². The maximum atomic E-state index is 14.8. The highest BCUT2D eigenvalue weighted by Crippen LogP contribution is 2.36. The van der Waals surface area contributed by atoms with Crippen molar-refractivity contribution in [3.8, 4) is 39.4 Å². The van der Waals surface area contributed by atoms with E-state index >= 15 is 0 Å². The Balaban J connectivity index is 1.22. The van der Waals surface area contributed by atoms with Crippen molar-refractivity contribution in [2.45, 2.75) is 12.8 Å². The molecule has 0 atom stereocenters. The summed E-state index contributed by atoms with van der Waals surface area (Å²) in [4.78, 5) is 16.9. The Morgan fingerprint density at radius 3 is 2.67 bits per heavy atom. The number of hydrogen-bond donors (Lipinski definition) is 2. The average Bonchev–Trinajstić information content (AvgIpc) is 3.76. The fourth-order valence-electron chi connectivity index (χ4n) is 5.74. The molecule has 42 heavy (non-hydrogen) atoms. The van der Waals surface area contributed by atoms with Gasteiger partial charge in [0.25, 0.3) is 0 Å². The third-order valence-corrected chi connectivity index (χ3v) is 7.98. The van der Waals surface area contributed by atoms with E-state index in [1.165, 1.54) is 18.9 Å². The van der Waals surface area contributed by atoms with Gasteiger partial charge in [-0.2, -0.15) is 5.10 Å². The molecule has 5 heterocycles. The summed E-state index contributed by atoms with van der Waals surface area (Å²) in [7, 11) is 4.01. The molecule has 4 aromatic heterocycles. The van der Waals surface area contributed by atoms with Gasteiger partial charge in [-0.3, -0.25) is 15.0 Å². The van der Waals surface area contributed by atoms with Crippen LogP contribution in [0.15, 0.2) is 73.2 Å². The Morgan fingerprint density at radius 2 is 1.81 bits per heavy atom. The number of ether oxygens (including phenoxy) is 1. The summed E-state index contributed by atoms with van der Waals surface area (Å²) >= 11 is 0. The number of aromatic nitrogens is 5. The summed E-state index contributed by atoms with van der Waals surface area (Å²) in [5, 5.41) is 9.67. The van der Waals surface area contributed by atoms with E-state index < -0.39 is 0 Å². The highest BCUT2D eigenvalue weighted by molar-refractivity contribution is 6.00. The third kappa shape index (κ3) is 5.07. The molecule has 9 heteroatoms. The van der Waals surface area contributed by atoms with Crippen molar-refractivity contribution >= 4 is 27.6 Å². The van der Waals surface area contributed by atoms with Gasteiger partial charge in [0.2, 0.25) is 0 Å².